The van der Waals surface area contributed by atoms with E-state index >= 15 is 0 Å². The summed E-state index contributed by atoms with van der Waals surface area (Å²) in [7, 11) is 0. The lowest BCUT2D eigenvalue weighted by Crippen LogP contribution is -2.44. The van der Waals surface area contributed by atoms with Gasteiger partial charge >= 0.3 is 0 Å². The Kier molecular flexibility index (Phi) is 3.79. The van der Waals surface area contributed by atoms with Crippen molar-refractivity contribution in [3.63, 3.8) is 0 Å². The van der Waals surface area contributed by atoms with E-state index in [1.54, 1.807) is 0 Å². The average Bonchev–Trinajstić information content (AvgIpc) is 2.36. The fourth-order valence-corrected chi connectivity index (χ4v) is 2.50. The van der Waals surface area contributed by atoms with Gasteiger partial charge in [0.2, 0.25) is 0 Å². The van der Waals surface area contributed by atoms with Gasteiger partial charge in [0.25, 0.3) is 11.5 Å². The summed E-state index contributed by atoms with van der Waals surface area (Å²) in [5.41, 5.74) is -0.0359. The molecule has 1 fully saturated rings. The van der Waals surface area contributed by atoms with Crippen molar-refractivity contribution in [1.29, 1.82) is 0 Å². The van der Waals surface area contributed by atoms with Crippen LogP contribution in [0.2, 0.25) is 0 Å². The maximum absolute atomic E-state index is 12.0. The van der Waals surface area contributed by atoms with Crippen LogP contribution in [-0.4, -0.2) is 22.1 Å². The van der Waals surface area contributed by atoms with Crippen molar-refractivity contribution in [2.45, 2.75) is 39.2 Å². The summed E-state index contributed by atoms with van der Waals surface area (Å²) in [6.45, 7) is 4.40. The maximum atomic E-state index is 12.0. The van der Waals surface area contributed by atoms with E-state index in [0.29, 0.717) is 11.8 Å². The molecule has 0 aliphatic heterocycles. The molecule has 98 valence electrons. The van der Waals surface area contributed by atoms with Crippen molar-refractivity contribution < 1.29 is 4.79 Å². The van der Waals surface area contributed by atoms with Crippen molar-refractivity contribution in [3.05, 3.63) is 28.2 Å². The molecule has 1 aliphatic carbocycles. The van der Waals surface area contributed by atoms with E-state index in [9.17, 15) is 9.59 Å². The minimum Gasteiger partial charge on any atom is -0.348 e. The highest BCUT2D eigenvalue weighted by atomic mass is 16.2. The molecule has 0 saturated heterocycles. The Morgan fingerprint density at radius 1 is 1.39 bits per heavy atom. The molecule has 18 heavy (non-hydrogen) atoms. The van der Waals surface area contributed by atoms with Gasteiger partial charge in [0.15, 0.2) is 0 Å². The Hall–Kier alpha value is -1.65. The van der Waals surface area contributed by atoms with Gasteiger partial charge in [0, 0.05) is 12.1 Å². The van der Waals surface area contributed by atoms with Crippen LogP contribution >= 0.6 is 0 Å². The normalized spacial score (nSPS) is 27.8. The van der Waals surface area contributed by atoms with Crippen LogP contribution in [0.1, 0.15) is 43.6 Å². The number of rotatable bonds is 2. The molecule has 1 aliphatic rings. The van der Waals surface area contributed by atoms with Crippen LogP contribution in [0.15, 0.2) is 16.9 Å². The third kappa shape index (κ3) is 2.78. The Balaban J connectivity index is 2.02. The first-order valence-corrected chi connectivity index (χ1v) is 6.44. The molecule has 1 aromatic heterocycles. The number of H-pyrrole nitrogens is 1. The van der Waals surface area contributed by atoms with Crippen LogP contribution in [0.25, 0.3) is 0 Å². The molecule has 0 bridgehead atoms. The highest BCUT2D eigenvalue weighted by Crippen LogP contribution is 2.29. The van der Waals surface area contributed by atoms with E-state index in [0.717, 1.165) is 12.8 Å². The van der Waals surface area contributed by atoms with Gasteiger partial charge in [0.1, 0.15) is 5.69 Å². The largest absolute Gasteiger partial charge is 0.348 e. The minimum atomic E-state index is -0.300. The summed E-state index contributed by atoms with van der Waals surface area (Å²) < 4.78 is 0. The highest BCUT2D eigenvalue weighted by molar-refractivity contribution is 5.92. The first-order valence-electron chi connectivity index (χ1n) is 6.44. The van der Waals surface area contributed by atoms with Crippen molar-refractivity contribution >= 4 is 5.91 Å². The van der Waals surface area contributed by atoms with Gasteiger partial charge in [-0.2, -0.15) is 5.10 Å². The molecule has 2 rings (SSSR count). The monoisotopic (exact) mass is 249 g/mol. The van der Waals surface area contributed by atoms with Crippen molar-refractivity contribution in [2.75, 3.05) is 0 Å². The number of carbonyl (C=O) groups is 1. The predicted molar refractivity (Wildman–Crippen MR) is 68.3 cm³/mol. The Bertz CT molecular complexity index is 463. The van der Waals surface area contributed by atoms with Crippen molar-refractivity contribution in [1.82, 2.24) is 15.5 Å². The molecule has 2 N–H and O–H groups in total. The second kappa shape index (κ2) is 5.33. The summed E-state index contributed by atoms with van der Waals surface area (Å²) >= 11 is 0. The topological polar surface area (TPSA) is 74.8 Å². The lowest BCUT2D eigenvalue weighted by atomic mass is 9.78. The molecule has 0 aromatic carbocycles. The number of hydrogen-bond donors (Lipinski definition) is 2. The molecule has 0 unspecified atom stereocenters. The second-order valence-corrected chi connectivity index (χ2v) is 5.15. The third-order valence-corrected chi connectivity index (χ3v) is 3.94. The van der Waals surface area contributed by atoms with E-state index in [-0.39, 0.29) is 23.2 Å². The van der Waals surface area contributed by atoms with E-state index < -0.39 is 0 Å². The predicted octanol–water partition coefficient (Wildman–Crippen LogP) is 1.32. The molecule has 1 heterocycles. The Morgan fingerprint density at radius 2 is 2.17 bits per heavy atom. The number of amides is 1. The molecule has 1 aromatic rings. The molecule has 0 radical (unpaired) electrons. The van der Waals surface area contributed by atoms with E-state index in [2.05, 4.69) is 29.4 Å². The van der Waals surface area contributed by atoms with E-state index in [1.165, 1.54) is 18.6 Å². The molecular formula is C13H19N3O2. The number of hydrogen-bond acceptors (Lipinski definition) is 3. The van der Waals surface area contributed by atoms with Gasteiger partial charge in [0.05, 0.1) is 0 Å². The van der Waals surface area contributed by atoms with Crippen molar-refractivity contribution in [2.24, 2.45) is 11.8 Å². The molecule has 3 atom stereocenters. The zero-order valence-electron chi connectivity index (χ0n) is 10.8. The van der Waals surface area contributed by atoms with Crippen LogP contribution in [0.5, 0.6) is 0 Å². The lowest BCUT2D eigenvalue weighted by molar-refractivity contribution is 0.0885. The van der Waals surface area contributed by atoms with Gasteiger partial charge in [-0.25, -0.2) is 5.10 Å². The molecule has 0 spiro atoms. The molecular weight excluding hydrogens is 230 g/mol. The quantitative estimate of drug-likeness (QED) is 0.830. The number of carbonyl (C=O) groups excluding carboxylic acids is 1. The van der Waals surface area contributed by atoms with Crippen LogP contribution < -0.4 is 10.9 Å². The van der Waals surface area contributed by atoms with Gasteiger partial charge in [-0.15, -0.1) is 0 Å². The number of aromatic nitrogens is 2. The average molecular weight is 249 g/mol. The number of nitrogens with zero attached hydrogens (tertiary/aromatic N) is 1. The SMILES string of the molecule is C[C@@H]1[C@H](C)CCC[C@@H]1NC(=O)c1ccc(=O)[nH]n1. The minimum absolute atomic E-state index is 0.204. The van der Waals surface area contributed by atoms with Crippen LogP contribution in [0.4, 0.5) is 0 Å². The third-order valence-electron chi connectivity index (χ3n) is 3.94. The van der Waals surface area contributed by atoms with E-state index in [4.69, 9.17) is 0 Å². The van der Waals surface area contributed by atoms with Gasteiger partial charge < -0.3 is 5.32 Å². The summed E-state index contributed by atoms with van der Waals surface area (Å²) in [5, 5.41) is 9.02. The van der Waals surface area contributed by atoms with Gasteiger partial charge in [-0.05, 0) is 24.3 Å². The summed E-state index contributed by atoms with van der Waals surface area (Å²) in [6, 6.07) is 2.97. The Morgan fingerprint density at radius 3 is 2.83 bits per heavy atom. The van der Waals surface area contributed by atoms with Crippen LogP contribution in [0.3, 0.4) is 0 Å². The smallest absolute Gasteiger partial charge is 0.271 e. The first-order chi connectivity index (χ1) is 8.58. The number of nitrogens with one attached hydrogen (secondary N) is 2. The summed E-state index contributed by atoms with van der Waals surface area (Å²) in [5.74, 6) is 0.898. The Labute approximate surface area is 106 Å². The standard InChI is InChI=1S/C13H19N3O2/c1-8-4-3-5-10(9(8)2)14-13(18)11-6-7-12(17)16-15-11/h6-10H,3-5H2,1-2H3,(H,14,18)(H,16,17)/t8-,9-,10+/m1/s1. The second-order valence-electron chi connectivity index (χ2n) is 5.15. The molecule has 5 nitrogen and oxygen atoms in total. The van der Waals surface area contributed by atoms with Crippen LogP contribution in [0, 0.1) is 11.8 Å². The van der Waals surface area contributed by atoms with Gasteiger partial charge in [-0.1, -0.05) is 26.7 Å². The summed E-state index contributed by atoms with van der Waals surface area (Å²) in [6.07, 6.45) is 3.39. The first kappa shape index (κ1) is 12.8. The molecule has 1 amide bonds. The lowest BCUT2D eigenvalue weighted by Gasteiger charge is -2.34. The van der Waals surface area contributed by atoms with E-state index in [1.807, 2.05) is 0 Å². The van der Waals surface area contributed by atoms with Crippen molar-refractivity contribution in [3.8, 4) is 0 Å². The number of aromatic amines is 1. The fourth-order valence-electron chi connectivity index (χ4n) is 2.50. The zero-order valence-corrected chi connectivity index (χ0v) is 10.8. The summed E-state index contributed by atoms with van der Waals surface area (Å²) in [4.78, 5) is 22.9. The van der Waals surface area contributed by atoms with Crippen LogP contribution in [-0.2, 0) is 0 Å². The molecule has 5 heteroatoms. The zero-order chi connectivity index (χ0) is 13.1. The fraction of sp³-hybridized carbons (Fsp3) is 0.615. The highest BCUT2D eigenvalue weighted by Gasteiger charge is 2.28. The molecule has 1 saturated carbocycles. The maximum Gasteiger partial charge on any atom is 0.271 e. The van der Waals surface area contributed by atoms with Gasteiger partial charge in [-0.3, -0.25) is 9.59 Å².